The van der Waals surface area contributed by atoms with Crippen LogP contribution in [0.2, 0.25) is 0 Å². The summed E-state index contributed by atoms with van der Waals surface area (Å²) in [5.41, 5.74) is 2.00. The molecule has 0 atom stereocenters. The van der Waals surface area contributed by atoms with Crippen LogP contribution in [0.4, 0.5) is 0 Å². The van der Waals surface area contributed by atoms with Crippen LogP contribution in [-0.2, 0) is 6.32 Å². The van der Waals surface area contributed by atoms with E-state index in [1.54, 1.807) is 7.11 Å². The Morgan fingerprint density at radius 1 is 1.33 bits per heavy atom. The van der Waals surface area contributed by atoms with Crippen molar-refractivity contribution in [1.29, 1.82) is 0 Å². The Kier molecular flexibility index (Phi) is 4.18. The second kappa shape index (κ2) is 5.19. The molecule has 0 aliphatic rings. The van der Waals surface area contributed by atoms with E-state index < -0.39 is 7.12 Å². The van der Waals surface area contributed by atoms with E-state index in [4.69, 9.17) is 14.8 Å². The molecule has 1 aromatic rings. The largest absolute Gasteiger partial charge is 0.497 e. The Hall–Kier alpha value is -0.995. The van der Waals surface area contributed by atoms with Gasteiger partial charge in [0.05, 0.1) is 7.11 Å². The van der Waals surface area contributed by atoms with Crippen LogP contribution in [-0.4, -0.2) is 24.3 Å². The second-order valence-electron chi connectivity index (χ2n) is 3.91. The van der Waals surface area contributed by atoms with Crippen LogP contribution in [0.15, 0.2) is 18.2 Å². The lowest BCUT2D eigenvalue weighted by molar-refractivity contribution is 0.394. The van der Waals surface area contributed by atoms with E-state index in [9.17, 15) is 0 Å². The van der Waals surface area contributed by atoms with Gasteiger partial charge in [0, 0.05) is 6.32 Å². The number of ether oxygens (including phenoxy) is 1. The van der Waals surface area contributed by atoms with Crippen LogP contribution < -0.4 is 4.74 Å². The van der Waals surface area contributed by atoms with E-state index in [2.05, 4.69) is 13.8 Å². The highest BCUT2D eigenvalue weighted by molar-refractivity contribution is 6.40. The van der Waals surface area contributed by atoms with Gasteiger partial charge in [-0.15, -0.1) is 0 Å². The molecule has 0 aliphatic carbocycles. The zero-order valence-corrected chi connectivity index (χ0v) is 9.40. The third-order valence-corrected chi connectivity index (χ3v) is 2.37. The van der Waals surface area contributed by atoms with Crippen molar-refractivity contribution in [3.8, 4) is 5.75 Å². The minimum atomic E-state index is -1.33. The van der Waals surface area contributed by atoms with Gasteiger partial charge < -0.3 is 14.8 Å². The third kappa shape index (κ3) is 3.25. The summed E-state index contributed by atoms with van der Waals surface area (Å²) in [4.78, 5) is 0. The molecule has 0 amide bonds. The van der Waals surface area contributed by atoms with Gasteiger partial charge in [-0.1, -0.05) is 26.0 Å². The SMILES string of the molecule is COc1ccc(C(C)C)cc1CB(O)O. The Morgan fingerprint density at radius 2 is 2.00 bits per heavy atom. The van der Waals surface area contributed by atoms with E-state index >= 15 is 0 Å². The molecule has 0 saturated heterocycles. The normalized spacial score (nSPS) is 10.5. The zero-order valence-electron chi connectivity index (χ0n) is 9.40. The number of hydrogen-bond acceptors (Lipinski definition) is 3. The Bertz CT molecular complexity index is 324. The third-order valence-electron chi connectivity index (χ3n) is 2.37. The Labute approximate surface area is 90.9 Å². The van der Waals surface area contributed by atoms with Crippen LogP contribution in [0, 0.1) is 0 Å². The topological polar surface area (TPSA) is 49.7 Å². The van der Waals surface area contributed by atoms with Crippen molar-refractivity contribution in [2.24, 2.45) is 0 Å². The first kappa shape index (κ1) is 12.1. The lowest BCUT2D eigenvalue weighted by Crippen LogP contribution is -2.16. The van der Waals surface area contributed by atoms with Crippen molar-refractivity contribution in [2.45, 2.75) is 26.1 Å². The molecule has 15 heavy (non-hydrogen) atoms. The van der Waals surface area contributed by atoms with Crippen LogP contribution in [0.1, 0.15) is 30.9 Å². The molecule has 2 N–H and O–H groups in total. The standard InChI is InChI=1S/C11H17BO3/c1-8(2)9-4-5-11(15-3)10(6-9)7-12(13)14/h4-6,8,13-14H,7H2,1-3H3. The predicted octanol–water partition coefficient (Wildman–Crippen LogP) is 1.37. The monoisotopic (exact) mass is 208 g/mol. The van der Waals surface area contributed by atoms with Gasteiger partial charge in [0.25, 0.3) is 0 Å². The fourth-order valence-corrected chi connectivity index (χ4v) is 1.51. The molecule has 0 fully saturated rings. The van der Waals surface area contributed by atoms with Crippen molar-refractivity contribution in [3.63, 3.8) is 0 Å². The van der Waals surface area contributed by atoms with Crippen molar-refractivity contribution in [3.05, 3.63) is 29.3 Å². The Morgan fingerprint density at radius 3 is 2.47 bits per heavy atom. The molecule has 3 nitrogen and oxygen atoms in total. The van der Waals surface area contributed by atoms with Crippen molar-refractivity contribution < 1.29 is 14.8 Å². The molecule has 4 heteroatoms. The van der Waals surface area contributed by atoms with Crippen LogP contribution in [0.5, 0.6) is 5.75 Å². The summed E-state index contributed by atoms with van der Waals surface area (Å²) >= 11 is 0. The summed E-state index contributed by atoms with van der Waals surface area (Å²) in [7, 11) is 0.249. The summed E-state index contributed by atoms with van der Waals surface area (Å²) in [5, 5.41) is 17.9. The smallest absolute Gasteiger partial charge is 0.456 e. The molecule has 0 bridgehead atoms. The van der Waals surface area contributed by atoms with Gasteiger partial charge in [0.15, 0.2) is 0 Å². The highest BCUT2D eigenvalue weighted by atomic mass is 16.5. The molecular weight excluding hydrogens is 191 g/mol. The summed E-state index contributed by atoms with van der Waals surface area (Å²) in [5.74, 6) is 1.12. The number of benzene rings is 1. The van der Waals surface area contributed by atoms with Crippen molar-refractivity contribution >= 4 is 7.12 Å². The molecule has 0 heterocycles. The molecule has 1 aromatic carbocycles. The van der Waals surface area contributed by atoms with E-state index in [0.717, 1.165) is 5.56 Å². The van der Waals surface area contributed by atoms with E-state index in [-0.39, 0.29) is 6.32 Å². The fraction of sp³-hybridized carbons (Fsp3) is 0.455. The number of hydrogen-bond donors (Lipinski definition) is 2. The minimum absolute atomic E-state index is 0.198. The van der Waals surface area contributed by atoms with Gasteiger partial charge in [0.1, 0.15) is 5.75 Å². The van der Waals surface area contributed by atoms with E-state index in [1.807, 2.05) is 18.2 Å². The number of methoxy groups -OCH3 is 1. The molecule has 0 saturated carbocycles. The first-order chi connectivity index (χ1) is 7.04. The fourth-order valence-electron chi connectivity index (χ4n) is 1.51. The number of rotatable bonds is 4. The zero-order chi connectivity index (χ0) is 11.4. The van der Waals surface area contributed by atoms with Crippen molar-refractivity contribution in [2.75, 3.05) is 7.11 Å². The molecule has 0 radical (unpaired) electrons. The van der Waals surface area contributed by atoms with Gasteiger partial charge in [-0.3, -0.25) is 0 Å². The van der Waals surface area contributed by atoms with Crippen molar-refractivity contribution in [1.82, 2.24) is 0 Å². The van der Waals surface area contributed by atoms with Gasteiger partial charge >= 0.3 is 7.12 Å². The maximum absolute atomic E-state index is 8.96. The Balaban J connectivity index is 3.02. The maximum atomic E-state index is 8.96. The van der Waals surface area contributed by atoms with Crippen LogP contribution >= 0.6 is 0 Å². The molecule has 1 rings (SSSR count). The molecule has 0 spiro atoms. The van der Waals surface area contributed by atoms with Gasteiger partial charge in [-0.2, -0.15) is 0 Å². The second-order valence-corrected chi connectivity index (χ2v) is 3.91. The van der Waals surface area contributed by atoms with Gasteiger partial charge in [-0.05, 0) is 23.1 Å². The molecule has 82 valence electrons. The van der Waals surface area contributed by atoms with Gasteiger partial charge in [-0.25, -0.2) is 0 Å². The van der Waals surface area contributed by atoms with Gasteiger partial charge in [0.2, 0.25) is 0 Å². The minimum Gasteiger partial charge on any atom is -0.497 e. The average molecular weight is 208 g/mol. The summed E-state index contributed by atoms with van der Waals surface area (Å²) < 4.78 is 5.16. The van der Waals surface area contributed by atoms with Crippen LogP contribution in [0.25, 0.3) is 0 Å². The van der Waals surface area contributed by atoms with E-state index in [1.165, 1.54) is 5.56 Å². The molecule has 0 aromatic heterocycles. The van der Waals surface area contributed by atoms with E-state index in [0.29, 0.717) is 11.7 Å². The molecular formula is C11H17BO3. The molecule has 0 aliphatic heterocycles. The summed E-state index contributed by atoms with van der Waals surface area (Å²) in [6.07, 6.45) is 0.198. The lowest BCUT2D eigenvalue weighted by Gasteiger charge is -2.12. The lowest BCUT2D eigenvalue weighted by atomic mass is 9.80. The quantitative estimate of drug-likeness (QED) is 0.734. The first-order valence-corrected chi connectivity index (χ1v) is 5.07. The highest BCUT2D eigenvalue weighted by Crippen LogP contribution is 2.24. The average Bonchev–Trinajstić information content (AvgIpc) is 2.16. The maximum Gasteiger partial charge on any atom is 0.456 e. The predicted molar refractivity (Wildman–Crippen MR) is 61.0 cm³/mol. The first-order valence-electron chi connectivity index (χ1n) is 5.07. The summed E-state index contributed by atoms with van der Waals surface area (Å²) in [6, 6.07) is 5.83. The highest BCUT2D eigenvalue weighted by Gasteiger charge is 2.13. The molecule has 0 unspecified atom stereocenters. The van der Waals surface area contributed by atoms with Crippen LogP contribution in [0.3, 0.4) is 0 Å². The summed E-state index contributed by atoms with van der Waals surface area (Å²) in [6.45, 7) is 4.20.